The van der Waals surface area contributed by atoms with E-state index in [-0.39, 0.29) is 0 Å². The van der Waals surface area contributed by atoms with Gasteiger partial charge in [-0.3, -0.25) is 0 Å². The van der Waals surface area contributed by atoms with Crippen LogP contribution >= 0.6 is 11.6 Å². The van der Waals surface area contributed by atoms with E-state index < -0.39 is 6.03 Å². The number of hydrogen-bond donors (Lipinski definition) is 2. The molecule has 0 aromatic heterocycles. The number of primary amides is 1. The van der Waals surface area contributed by atoms with E-state index >= 15 is 0 Å². The lowest BCUT2D eigenvalue weighted by Crippen LogP contribution is -2.46. The summed E-state index contributed by atoms with van der Waals surface area (Å²) >= 11 is 5.95. The summed E-state index contributed by atoms with van der Waals surface area (Å²) in [6.45, 7) is 3.85. The van der Waals surface area contributed by atoms with Gasteiger partial charge in [0.1, 0.15) is 0 Å². The van der Waals surface area contributed by atoms with Crippen LogP contribution in [0.15, 0.2) is 53.6 Å². The Labute approximate surface area is 151 Å². The van der Waals surface area contributed by atoms with Crippen molar-refractivity contribution < 1.29 is 4.79 Å². The zero-order chi connectivity index (χ0) is 17.6. The highest BCUT2D eigenvalue weighted by atomic mass is 35.5. The number of carbonyl (C=O) groups is 1. The van der Waals surface area contributed by atoms with Gasteiger partial charge in [0.2, 0.25) is 0 Å². The molecule has 6 nitrogen and oxygen atoms in total. The fraction of sp³-hybridized carbons (Fsp3) is 0.222. The van der Waals surface area contributed by atoms with Crippen molar-refractivity contribution in [3.8, 4) is 0 Å². The number of halogens is 1. The summed E-state index contributed by atoms with van der Waals surface area (Å²) in [5.41, 5.74) is 10.4. The predicted octanol–water partition coefficient (Wildman–Crippen LogP) is 2.67. The summed E-state index contributed by atoms with van der Waals surface area (Å²) in [7, 11) is 0. The minimum Gasteiger partial charge on any atom is -0.368 e. The number of nitrogens with two attached hydrogens (primary N) is 1. The fourth-order valence-electron chi connectivity index (χ4n) is 2.82. The molecular formula is C18H20ClN5O. The second kappa shape index (κ2) is 7.90. The summed E-state index contributed by atoms with van der Waals surface area (Å²) in [5.74, 6) is 0. The zero-order valence-corrected chi connectivity index (χ0v) is 14.5. The first-order valence-electron chi connectivity index (χ1n) is 8.06. The Morgan fingerprint density at radius 2 is 1.44 bits per heavy atom. The highest BCUT2D eigenvalue weighted by Gasteiger charge is 2.17. The molecule has 1 aliphatic rings. The van der Waals surface area contributed by atoms with Crippen LogP contribution in [0.1, 0.15) is 5.56 Å². The predicted molar refractivity (Wildman–Crippen MR) is 103 cm³/mol. The van der Waals surface area contributed by atoms with Crippen molar-refractivity contribution in [2.45, 2.75) is 0 Å². The van der Waals surface area contributed by atoms with Gasteiger partial charge in [-0.15, -0.1) is 0 Å². The van der Waals surface area contributed by atoms with Crippen LogP contribution in [0, 0.1) is 0 Å². The van der Waals surface area contributed by atoms with Gasteiger partial charge >= 0.3 is 6.03 Å². The molecule has 0 spiro atoms. The molecule has 0 bridgehead atoms. The number of nitrogens with zero attached hydrogens (tertiary/aromatic N) is 3. The average molecular weight is 358 g/mol. The normalized spacial score (nSPS) is 14.8. The molecule has 25 heavy (non-hydrogen) atoms. The second-order valence-electron chi connectivity index (χ2n) is 5.78. The highest BCUT2D eigenvalue weighted by Crippen LogP contribution is 2.22. The van der Waals surface area contributed by atoms with Gasteiger partial charge in [0.25, 0.3) is 0 Å². The van der Waals surface area contributed by atoms with Crippen molar-refractivity contribution in [2.24, 2.45) is 10.8 Å². The lowest BCUT2D eigenvalue weighted by molar-refractivity contribution is 0.249. The number of rotatable bonds is 4. The molecule has 1 fully saturated rings. The van der Waals surface area contributed by atoms with Gasteiger partial charge < -0.3 is 15.5 Å². The van der Waals surface area contributed by atoms with E-state index in [0.29, 0.717) is 0 Å². The summed E-state index contributed by atoms with van der Waals surface area (Å²) in [6.07, 6.45) is 1.56. The quantitative estimate of drug-likeness (QED) is 0.652. The number of benzene rings is 2. The van der Waals surface area contributed by atoms with Gasteiger partial charge in [0.05, 0.1) is 6.21 Å². The molecule has 0 saturated carbocycles. The molecule has 0 aliphatic carbocycles. The number of amides is 2. The van der Waals surface area contributed by atoms with Crippen LogP contribution in [0.4, 0.5) is 16.2 Å². The first kappa shape index (κ1) is 17.1. The molecular weight excluding hydrogens is 338 g/mol. The SMILES string of the molecule is NC(=O)N/N=C/c1ccc(N2CCN(c3ccc(Cl)cc3)CC2)cc1. The van der Waals surface area contributed by atoms with E-state index in [2.05, 4.69) is 44.6 Å². The molecule has 2 aromatic carbocycles. The topological polar surface area (TPSA) is 74.0 Å². The Kier molecular flexibility index (Phi) is 5.40. The fourth-order valence-corrected chi connectivity index (χ4v) is 2.94. The van der Waals surface area contributed by atoms with Gasteiger partial charge in [0, 0.05) is 42.6 Å². The minimum atomic E-state index is -0.675. The van der Waals surface area contributed by atoms with Crippen molar-refractivity contribution >= 4 is 35.2 Å². The lowest BCUT2D eigenvalue weighted by Gasteiger charge is -2.37. The maximum Gasteiger partial charge on any atom is 0.332 e. The molecule has 0 atom stereocenters. The molecule has 3 N–H and O–H groups in total. The minimum absolute atomic E-state index is 0.675. The molecule has 3 rings (SSSR count). The number of anilines is 2. The molecule has 2 amide bonds. The van der Waals surface area contributed by atoms with Gasteiger partial charge in [-0.1, -0.05) is 23.7 Å². The maximum atomic E-state index is 10.6. The Hall–Kier alpha value is -2.73. The van der Waals surface area contributed by atoms with Crippen molar-refractivity contribution in [1.29, 1.82) is 0 Å². The molecule has 0 radical (unpaired) electrons. The van der Waals surface area contributed by atoms with Crippen molar-refractivity contribution in [3.63, 3.8) is 0 Å². The third kappa shape index (κ3) is 4.64. The summed E-state index contributed by atoms with van der Waals surface area (Å²) in [6, 6.07) is 15.4. The van der Waals surface area contributed by atoms with Gasteiger partial charge in [-0.05, 0) is 42.0 Å². The summed E-state index contributed by atoms with van der Waals surface area (Å²) < 4.78 is 0. The molecule has 0 unspecified atom stereocenters. The van der Waals surface area contributed by atoms with Crippen LogP contribution in [-0.4, -0.2) is 38.4 Å². The number of hydrazone groups is 1. The summed E-state index contributed by atoms with van der Waals surface area (Å²) in [4.78, 5) is 15.3. The molecule has 1 saturated heterocycles. The van der Waals surface area contributed by atoms with Crippen molar-refractivity contribution in [1.82, 2.24) is 5.43 Å². The number of carbonyl (C=O) groups excluding carboxylic acids is 1. The molecule has 7 heteroatoms. The molecule has 1 aliphatic heterocycles. The average Bonchev–Trinajstić information content (AvgIpc) is 2.63. The molecule has 2 aromatic rings. The van der Waals surface area contributed by atoms with E-state index in [1.807, 2.05) is 24.3 Å². The number of nitrogens with one attached hydrogen (secondary N) is 1. The van der Waals surface area contributed by atoms with E-state index in [0.717, 1.165) is 36.8 Å². The Morgan fingerprint density at radius 1 is 0.960 bits per heavy atom. The largest absolute Gasteiger partial charge is 0.368 e. The highest BCUT2D eigenvalue weighted by molar-refractivity contribution is 6.30. The third-order valence-corrected chi connectivity index (χ3v) is 4.37. The standard InChI is InChI=1S/C18H20ClN5O/c19-15-3-7-17(8-4-15)24-11-9-23(10-12-24)16-5-1-14(2-6-16)13-21-22-18(20)25/h1-8,13H,9-12H2,(H3,20,22,25)/b21-13+. The molecule has 130 valence electrons. The van der Waals surface area contributed by atoms with Crippen LogP contribution in [0.2, 0.25) is 5.02 Å². The number of hydrogen-bond acceptors (Lipinski definition) is 4. The Balaban J connectivity index is 1.56. The molecule has 1 heterocycles. The number of urea groups is 1. The van der Waals surface area contributed by atoms with E-state index in [1.165, 1.54) is 11.4 Å². The Morgan fingerprint density at radius 3 is 1.92 bits per heavy atom. The van der Waals surface area contributed by atoms with Crippen molar-refractivity contribution in [2.75, 3.05) is 36.0 Å². The Bertz CT molecular complexity index is 737. The van der Waals surface area contributed by atoms with Gasteiger partial charge in [-0.2, -0.15) is 5.10 Å². The van der Waals surface area contributed by atoms with Crippen LogP contribution in [-0.2, 0) is 0 Å². The van der Waals surface area contributed by atoms with E-state index in [1.54, 1.807) is 6.21 Å². The van der Waals surface area contributed by atoms with Crippen LogP contribution in [0.3, 0.4) is 0 Å². The van der Waals surface area contributed by atoms with Gasteiger partial charge in [-0.25, -0.2) is 10.2 Å². The second-order valence-corrected chi connectivity index (χ2v) is 6.21. The van der Waals surface area contributed by atoms with Crippen LogP contribution in [0.25, 0.3) is 0 Å². The lowest BCUT2D eigenvalue weighted by atomic mass is 10.2. The van der Waals surface area contributed by atoms with Crippen LogP contribution in [0.5, 0.6) is 0 Å². The first-order valence-corrected chi connectivity index (χ1v) is 8.44. The van der Waals surface area contributed by atoms with Gasteiger partial charge in [0.15, 0.2) is 0 Å². The van der Waals surface area contributed by atoms with E-state index in [9.17, 15) is 4.79 Å². The first-order chi connectivity index (χ1) is 12.1. The summed E-state index contributed by atoms with van der Waals surface area (Å²) in [5, 5.41) is 4.51. The smallest absolute Gasteiger partial charge is 0.332 e. The van der Waals surface area contributed by atoms with Crippen molar-refractivity contribution in [3.05, 3.63) is 59.1 Å². The third-order valence-electron chi connectivity index (χ3n) is 4.12. The number of piperazine rings is 1. The monoisotopic (exact) mass is 357 g/mol. The maximum absolute atomic E-state index is 10.6. The van der Waals surface area contributed by atoms with E-state index in [4.69, 9.17) is 17.3 Å². The van der Waals surface area contributed by atoms with Crippen LogP contribution < -0.4 is 21.0 Å². The zero-order valence-electron chi connectivity index (χ0n) is 13.7.